The molecule has 20 heavy (non-hydrogen) atoms. The van der Waals surface area contributed by atoms with Gasteiger partial charge in [0.1, 0.15) is 17.3 Å². The molecule has 1 heterocycles. The Morgan fingerprint density at radius 3 is 2.55 bits per heavy atom. The predicted molar refractivity (Wildman–Crippen MR) is 69.5 cm³/mol. The third-order valence-electron chi connectivity index (χ3n) is 3.33. The van der Waals surface area contributed by atoms with Crippen molar-refractivity contribution >= 4 is 5.69 Å². The Bertz CT molecular complexity index is 622. The molecule has 2 aromatic rings. The monoisotopic (exact) mass is 279 g/mol. The zero-order valence-corrected chi connectivity index (χ0v) is 10.5. The Hall–Kier alpha value is -2.17. The minimum Gasteiger partial charge on any atom is -0.493 e. The van der Waals surface area contributed by atoms with Gasteiger partial charge in [-0.2, -0.15) is 0 Å². The highest BCUT2D eigenvalue weighted by Crippen LogP contribution is 2.33. The van der Waals surface area contributed by atoms with Gasteiger partial charge in [0.05, 0.1) is 6.61 Å². The van der Waals surface area contributed by atoms with E-state index in [4.69, 9.17) is 4.74 Å². The summed E-state index contributed by atoms with van der Waals surface area (Å²) in [4.78, 5) is 0. The van der Waals surface area contributed by atoms with Crippen molar-refractivity contribution in [3.05, 3.63) is 59.4 Å². The first-order valence-electron chi connectivity index (χ1n) is 6.25. The fourth-order valence-electron chi connectivity index (χ4n) is 2.33. The van der Waals surface area contributed by atoms with Crippen LogP contribution in [0.2, 0.25) is 0 Å². The van der Waals surface area contributed by atoms with Crippen molar-refractivity contribution in [2.45, 2.75) is 5.92 Å². The largest absolute Gasteiger partial charge is 0.493 e. The van der Waals surface area contributed by atoms with Crippen LogP contribution >= 0.6 is 0 Å². The molecule has 2 nitrogen and oxygen atoms in total. The number of benzene rings is 2. The molecule has 0 aromatic heterocycles. The van der Waals surface area contributed by atoms with Crippen LogP contribution in [0.25, 0.3) is 0 Å². The van der Waals surface area contributed by atoms with Crippen LogP contribution < -0.4 is 10.1 Å². The molecular formula is C15H12F3NO. The SMILES string of the molecule is Fc1cc(F)c(NCC2COc3ccccc32)c(F)c1. The van der Waals surface area contributed by atoms with Crippen molar-refractivity contribution in [2.24, 2.45) is 0 Å². The summed E-state index contributed by atoms with van der Waals surface area (Å²) < 4.78 is 45.3. The van der Waals surface area contributed by atoms with E-state index in [0.29, 0.717) is 25.3 Å². The first-order valence-corrected chi connectivity index (χ1v) is 6.25. The summed E-state index contributed by atoms with van der Waals surface area (Å²) in [5, 5.41) is 2.69. The molecule has 0 saturated carbocycles. The minimum absolute atomic E-state index is 0.00931. The molecule has 0 spiro atoms. The summed E-state index contributed by atoms with van der Waals surface area (Å²) in [5.74, 6) is -2.00. The Kier molecular flexibility index (Phi) is 3.26. The molecule has 1 atom stereocenters. The molecule has 104 valence electrons. The highest BCUT2D eigenvalue weighted by molar-refractivity contribution is 5.48. The topological polar surface area (TPSA) is 21.3 Å². The molecule has 5 heteroatoms. The van der Waals surface area contributed by atoms with Crippen molar-refractivity contribution in [3.63, 3.8) is 0 Å². The molecule has 3 rings (SSSR count). The van der Waals surface area contributed by atoms with Gasteiger partial charge in [-0.3, -0.25) is 0 Å². The summed E-state index contributed by atoms with van der Waals surface area (Å²) in [7, 11) is 0. The van der Waals surface area contributed by atoms with E-state index in [1.165, 1.54) is 0 Å². The zero-order valence-electron chi connectivity index (χ0n) is 10.5. The number of ether oxygens (including phenoxy) is 1. The van der Waals surface area contributed by atoms with E-state index in [1.807, 2.05) is 24.3 Å². The smallest absolute Gasteiger partial charge is 0.152 e. The average Bonchev–Trinajstić information content (AvgIpc) is 2.81. The maximum absolute atomic E-state index is 13.5. The van der Waals surface area contributed by atoms with Gasteiger partial charge >= 0.3 is 0 Å². The van der Waals surface area contributed by atoms with Gasteiger partial charge in [0.25, 0.3) is 0 Å². The quantitative estimate of drug-likeness (QED) is 0.925. The van der Waals surface area contributed by atoms with E-state index in [-0.39, 0.29) is 11.6 Å². The lowest BCUT2D eigenvalue weighted by molar-refractivity contribution is 0.334. The molecule has 1 aliphatic rings. The number of anilines is 1. The molecule has 1 N–H and O–H groups in total. The van der Waals surface area contributed by atoms with E-state index in [9.17, 15) is 13.2 Å². The third-order valence-corrected chi connectivity index (χ3v) is 3.33. The van der Waals surface area contributed by atoms with Gasteiger partial charge < -0.3 is 10.1 Å². The number of hydrogen-bond acceptors (Lipinski definition) is 2. The van der Waals surface area contributed by atoms with Crippen LogP contribution in [0, 0.1) is 17.5 Å². The molecule has 0 aliphatic carbocycles. The van der Waals surface area contributed by atoms with E-state index in [1.54, 1.807) is 0 Å². The van der Waals surface area contributed by atoms with Crippen LogP contribution in [0.15, 0.2) is 36.4 Å². The van der Waals surface area contributed by atoms with Gasteiger partial charge in [-0.25, -0.2) is 13.2 Å². The van der Waals surface area contributed by atoms with Crippen LogP contribution in [0.3, 0.4) is 0 Å². The lowest BCUT2D eigenvalue weighted by Gasteiger charge is -2.13. The Labute approximate surface area is 114 Å². The first-order chi connectivity index (χ1) is 9.65. The summed E-state index contributed by atoms with van der Waals surface area (Å²) in [5.41, 5.74) is 0.693. The van der Waals surface area contributed by atoms with Crippen molar-refractivity contribution in [1.29, 1.82) is 0 Å². The molecule has 0 saturated heterocycles. The maximum atomic E-state index is 13.5. The summed E-state index contributed by atoms with van der Waals surface area (Å²) >= 11 is 0. The molecule has 0 bridgehead atoms. The van der Waals surface area contributed by atoms with E-state index in [0.717, 1.165) is 11.3 Å². The lowest BCUT2D eigenvalue weighted by Crippen LogP contribution is -2.15. The van der Waals surface area contributed by atoms with Crippen LogP contribution in [0.4, 0.5) is 18.9 Å². The second kappa shape index (κ2) is 5.07. The van der Waals surface area contributed by atoms with Crippen LogP contribution in [0.1, 0.15) is 11.5 Å². The number of halogens is 3. The molecular weight excluding hydrogens is 267 g/mol. The molecule has 0 fully saturated rings. The predicted octanol–water partition coefficient (Wildman–Crippen LogP) is 3.69. The maximum Gasteiger partial charge on any atom is 0.152 e. The molecule has 1 aliphatic heterocycles. The van der Waals surface area contributed by atoms with E-state index < -0.39 is 17.5 Å². The average molecular weight is 279 g/mol. The minimum atomic E-state index is -0.935. The molecule has 0 radical (unpaired) electrons. The van der Waals surface area contributed by atoms with Gasteiger partial charge in [-0.15, -0.1) is 0 Å². The highest BCUT2D eigenvalue weighted by atomic mass is 19.1. The van der Waals surface area contributed by atoms with Crippen molar-refractivity contribution in [3.8, 4) is 5.75 Å². The van der Waals surface area contributed by atoms with Gasteiger partial charge in [-0.1, -0.05) is 18.2 Å². The standard InChI is InChI=1S/C15H12F3NO/c16-10-5-12(17)15(13(18)6-10)19-7-9-8-20-14-4-2-1-3-11(9)14/h1-6,9,19H,7-8H2. The van der Waals surface area contributed by atoms with Crippen LogP contribution in [-0.4, -0.2) is 13.2 Å². The fraction of sp³-hybridized carbons (Fsp3) is 0.200. The van der Waals surface area contributed by atoms with E-state index in [2.05, 4.69) is 5.32 Å². The summed E-state index contributed by atoms with van der Waals surface area (Å²) in [6.45, 7) is 0.771. The normalized spacial score (nSPS) is 16.6. The Morgan fingerprint density at radius 2 is 1.80 bits per heavy atom. The van der Waals surface area contributed by atoms with Crippen LogP contribution in [-0.2, 0) is 0 Å². The number of para-hydroxylation sites is 1. The summed E-state index contributed by atoms with van der Waals surface area (Å²) in [6.07, 6.45) is 0. The number of hydrogen-bond donors (Lipinski definition) is 1. The first kappa shape index (κ1) is 12.8. The second-order valence-corrected chi connectivity index (χ2v) is 4.67. The van der Waals surface area contributed by atoms with Crippen LogP contribution in [0.5, 0.6) is 5.75 Å². The number of nitrogens with one attached hydrogen (secondary N) is 1. The zero-order chi connectivity index (χ0) is 14.1. The summed E-state index contributed by atoms with van der Waals surface area (Å²) in [6, 6.07) is 8.85. The van der Waals surface area contributed by atoms with Gasteiger partial charge in [0.15, 0.2) is 11.6 Å². The Morgan fingerprint density at radius 1 is 1.10 bits per heavy atom. The fourth-order valence-corrected chi connectivity index (χ4v) is 2.33. The van der Waals surface area contributed by atoms with E-state index >= 15 is 0 Å². The molecule has 2 aromatic carbocycles. The third kappa shape index (κ3) is 2.31. The second-order valence-electron chi connectivity index (χ2n) is 4.67. The van der Waals surface area contributed by atoms with Crippen molar-refractivity contribution < 1.29 is 17.9 Å². The number of fused-ring (bicyclic) bond motifs is 1. The van der Waals surface area contributed by atoms with Gasteiger partial charge in [0, 0.05) is 30.2 Å². The van der Waals surface area contributed by atoms with Crippen molar-refractivity contribution in [1.82, 2.24) is 0 Å². The molecule has 1 unspecified atom stereocenters. The number of rotatable bonds is 3. The van der Waals surface area contributed by atoms with Crippen molar-refractivity contribution in [2.75, 3.05) is 18.5 Å². The Balaban J connectivity index is 1.76. The lowest BCUT2D eigenvalue weighted by atomic mass is 10.0. The van der Waals surface area contributed by atoms with Gasteiger partial charge in [0.2, 0.25) is 0 Å². The van der Waals surface area contributed by atoms with Gasteiger partial charge in [-0.05, 0) is 6.07 Å². The molecule has 0 amide bonds. The highest BCUT2D eigenvalue weighted by Gasteiger charge is 2.24.